The molecular formula is C33H49NO5S. The van der Waals surface area contributed by atoms with E-state index in [1.165, 1.54) is 69.5 Å². The first-order valence-electron chi connectivity index (χ1n) is 15.5. The second kappa shape index (κ2) is 18.1. The molecule has 1 aliphatic rings. The number of hydrogen-bond acceptors (Lipinski definition) is 5. The highest BCUT2D eigenvalue weighted by atomic mass is 32.2. The van der Waals surface area contributed by atoms with Crippen LogP contribution in [0, 0.1) is 0 Å². The highest BCUT2D eigenvalue weighted by Gasteiger charge is 2.22. The maximum absolute atomic E-state index is 13.1. The Bertz CT molecular complexity index is 1050. The average molecular weight is 572 g/mol. The number of amides is 1. The molecule has 1 saturated carbocycles. The van der Waals surface area contributed by atoms with Gasteiger partial charge in [-0.15, -0.1) is 11.8 Å². The molecule has 1 unspecified atom stereocenters. The van der Waals surface area contributed by atoms with Crippen LogP contribution in [-0.2, 0) is 4.79 Å². The molecule has 1 amide bonds. The Morgan fingerprint density at radius 3 is 2.23 bits per heavy atom. The lowest BCUT2D eigenvalue weighted by Gasteiger charge is -2.23. The normalized spacial score (nSPS) is 14.7. The predicted molar refractivity (Wildman–Crippen MR) is 166 cm³/mol. The third-order valence-electron chi connectivity index (χ3n) is 7.92. The van der Waals surface area contributed by atoms with Crippen LogP contribution < -0.4 is 10.1 Å². The van der Waals surface area contributed by atoms with E-state index in [-0.39, 0.29) is 23.3 Å². The number of phenols is 1. The predicted octanol–water partition coefficient (Wildman–Crippen LogP) is 8.48. The number of aromatic hydroxyl groups is 1. The number of unbranched alkanes of at least 4 members (excludes halogenated alkanes) is 9. The Labute approximate surface area is 244 Å². The van der Waals surface area contributed by atoms with E-state index in [0.29, 0.717) is 29.9 Å². The van der Waals surface area contributed by atoms with E-state index in [1.54, 1.807) is 12.1 Å². The number of hydrogen-bond donors (Lipinski definition) is 3. The summed E-state index contributed by atoms with van der Waals surface area (Å²) in [6, 6.07) is 9.12. The lowest BCUT2D eigenvalue weighted by atomic mass is 9.95. The van der Waals surface area contributed by atoms with Crippen LogP contribution in [0.1, 0.15) is 120 Å². The topological polar surface area (TPSA) is 95.9 Å². The van der Waals surface area contributed by atoms with Crippen LogP contribution in [0.3, 0.4) is 0 Å². The second-order valence-electron chi connectivity index (χ2n) is 11.1. The van der Waals surface area contributed by atoms with Crippen molar-refractivity contribution < 1.29 is 24.5 Å². The van der Waals surface area contributed by atoms with Gasteiger partial charge in [0.05, 0.1) is 12.2 Å². The molecule has 1 fully saturated rings. The molecular weight excluding hydrogens is 522 g/mol. The summed E-state index contributed by atoms with van der Waals surface area (Å²) in [4.78, 5) is 24.9. The molecule has 7 heteroatoms. The standard InChI is InChI=1S/C33H49NO5S/c1-2-3-4-5-6-7-8-9-10-14-21-30(33(37)38)40-23-22-39-29-24-28(31(35)27-20-16-15-19-26(27)29)32(36)34-25-17-12-11-13-18-25/h15-16,19-20,24-25,30,35H,2-14,17-18,21-23H2,1H3,(H,34,36)(H,37,38). The largest absolute Gasteiger partial charge is 0.506 e. The summed E-state index contributed by atoms with van der Waals surface area (Å²) in [6.07, 6.45) is 18.4. The summed E-state index contributed by atoms with van der Waals surface area (Å²) in [5.74, 6) is -0.0139. The number of carboxylic acids is 1. The molecule has 0 aromatic heterocycles. The lowest BCUT2D eigenvalue weighted by Crippen LogP contribution is -2.36. The van der Waals surface area contributed by atoms with Gasteiger partial charge in [-0.25, -0.2) is 0 Å². The van der Waals surface area contributed by atoms with Crippen molar-refractivity contribution in [1.82, 2.24) is 5.32 Å². The Hall–Kier alpha value is -2.41. The molecule has 0 aliphatic heterocycles. The molecule has 2 aromatic carbocycles. The van der Waals surface area contributed by atoms with E-state index in [0.717, 1.165) is 43.9 Å². The minimum absolute atomic E-state index is 0.0342. The molecule has 0 radical (unpaired) electrons. The smallest absolute Gasteiger partial charge is 0.316 e. The first-order chi connectivity index (χ1) is 19.5. The quantitative estimate of drug-likeness (QED) is 0.146. The number of fused-ring (bicyclic) bond motifs is 1. The number of benzene rings is 2. The van der Waals surface area contributed by atoms with E-state index in [2.05, 4.69) is 12.2 Å². The van der Waals surface area contributed by atoms with Gasteiger partial charge in [0.25, 0.3) is 5.91 Å². The van der Waals surface area contributed by atoms with Crippen LogP contribution >= 0.6 is 11.8 Å². The Morgan fingerprint density at radius 2 is 1.57 bits per heavy atom. The van der Waals surface area contributed by atoms with E-state index in [4.69, 9.17) is 4.74 Å². The minimum Gasteiger partial charge on any atom is -0.506 e. The molecule has 0 spiro atoms. The Morgan fingerprint density at radius 1 is 0.950 bits per heavy atom. The molecule has 40 heavy (non-hydrogen) atoms. The van der Waals surface area contributed by atoms with Crippen molar-refractivity contribution in [3.8, 4) is 11.5 Å². The zero-order valence-electron chi connectivity index (χ0n) is 24.3. The fourth-order valence-electron chi connectivity index (χ4n) is 5.57. The fraction of sp³-hybridized carbons (Fsp3) is 0.636. The number of aliphatic carboxylic acids is 1. The van der Waals surface area contributed by atoms with Gasteiger partial charge in [-0.2, -0.15) is 0 Å². The van der Waals surface area contributed by atoms with Crippen LogP contribution in [-0.4, -0.2) is 45.7 Å². The summed E-state index contributed by atoms with van der Waals surface area (Å²) in [5.41, 5.74) is 0.219. The summed E-state index contributed by atoms with van der Waals surface area (Å²) < 4.78 is 6.09. The molecule has 0 heterocycles. The Kier molecular flexibility index (Phi) is 14.5. The van der Waals surface area contributed by atoms with E-state index < -0.39 is 11.2 Å². The summed E-state index contributed by atoms with van der Waals surface area (Å²) in [6.45, 7) is 2.56. The van der Waals surface area contributed by atoms with Gasteiger partial charge in [-0.3, -0.25) is 9.59 Å². The SMILES string of the molecule is CCCCCCCCCCCCC(SCCOc1cc(C(=O)NC2CCCCC2)c(O)c2ccccc12)C(=O)O. The van der Waals surface area contributed by atoms with Crippen LogP contribution in [0.25, 0.3) is 10.8 Å². The van der Waals surface area contributed by atoms with Crippen LogP contribution in [0.5, 0.6) is 11.5 Å². The van der Waals surface area contributed by atoms with Crippen molar-refractivity contribution in [1.29, 1.82) is 0 Å². The molecule has 0 bridgehead atoms. The number of ether oxygens (including phenoxy) is 1. The summed E-state index contributed by atoms with van der Waals surface area (Å²) in [7, 11) is 0. The van der Waals surface area contributed by atoms with E-state index >= 15 is 0 Å². The summed E-state index contributed by atoms with van der Waals surface area (Å²) >= 11 is 1.42. The molecule has 6 nitrogen and oxygen atoms in total. The van der Waals surface area contributed by atoms with Gasteiger partial charge in [0.1, 0.15) is 16.7 Å². The third-order valence-corrected chi connectivity index (χ3v) is 9.16. The number of rotatable bonds is 19. The maximum Gasteiger partial charge on any atom is 0.316 e. The van der Waals surface area contributed by atoms with Crippen molar-refractivity contribution in [2.75, 3.05) is 12.4 Å². The second-order valence-corrected chi connectivity index (χ2v) is 12.5. The van der Waals surface area contributed by atoms with E-state index in [9.17, 15) is 19.8 Å². The van der Waals surface area contributed by atoms with Crippen molar-refractivity contribution in [2.24, 2.45) is 0 Å². The van der Waals surface area contributed by atoms with Crippen molar-refractivity contribution in [3.05, 3.63) is 35.9 Å². The number of carbonyl (C=O) groups is 2. The van der Waals surface area contributed by atoms with Crippen LogP contribution in [0.2, 0.25) is 0 Å². The summed E-state index contributed by atoms with van der Waals surface area (Å²) in [5, 5.41) is 24.5. The zero-order chi connectivity index (χ0) is 28.6. The zero-order valence-corrected chi connectivity index (χ0v) is 25.1. The molecule has 2 aromatic rings. The molecule has 3 N–H and O–H groups in total. The number of thioether (sulfide) groups is 1. The van der Waals surface area contributed by atoms with Crippen molar-refractivity contribution in [2.45, 2.75) is 121 Å². The van der Waals surface area contributed by atoms with E-state index in [1.807, 2.05) is 18.2 Å². The number of carboxylic acid groups (broad SMARTS) is 1. The average Bonchev–Trinajstić information content (AvgIpc) is 2.96. The molecule has 222 valence electrons. The molecule has 3 rings (SSSR count). The Balaban J connectivity index is 1.47. The van der Waals surface area contributed by atoms with Gasteiger partial charge in [-0.05, 0) is 25.3 Å². The first-order valence-corrected chi connectivity index (χ1v) is 16.6. The molecule has 0 saturated heterocycles. The molecule has 1 aliphatic carbocycles. The van der Waals surface area contributed by atoms with Crippen molar-refractivity contribution in [3.63, 3.8) is 0 Å². The highest BCUT2D eigenvalue weighted by Crippen LogP contribution is 2.36. The van der Waals surface area contributed by atoms with Crippen LogP contribution in [0.4, 0.5) is 0 Å². The van der Waals surface area contributed by atoms with Gasteiger partial charge < -0.3 is 20.3 Å². The number of nitrogens with one attached hydrogen (secondary N) is 1. The van der Waals surface area contributed by atoms with Gasteiger partial charge >= 0.3 is 5.97 Å². The fourth-order valence-corrected chi connectivity index (χ4v) is 6.51. The minimum atomic E-state index is -0.766. The van der Waals surface area contributed by atoms with Crippen molar-refractivity contribution >= 4 is 34.4 Å². The number of carbonyl (C=O) groups excluding carboxylic acids is 1. The van der Waals surface area contributed by atoms with Gasteiger partial charge in [-0.1, -0.05) is 115 Å². The van der Waals surface area contributed by atoms with Gasteiger partial charge in [0.15, 0.2) is 0 Å². The number of phenolic OH excluding ortho intramolecular Hbond substituents is 1. The van der Waals surface area contributed by atoms with Crippen LogP contribution in [0.15, 0.2) is 30.3 Å². The highest BCUT2D eigenvalue weighted by molar-refractivity contribution is 8.00. The first kappa shape index (κ1) is 32.1. The lowest BCUT2D eigenvalue weighted by molar-refractivity contribution is -0.136. The van der Waals surface area contributed by atoms with Gasteiger partial charge in [0, 0.05) is 22.6 Å². The van der Waals surface area contributed by atoms with Gasteiger partial charge in [0.2, 0.25) is 0 Å². The monoisotopic (exact) mass is 571 g/mol. The maximum atomic E-state index is 13.1. The molecule has 1 atom stereocenters. The third kappa shape index (κ3) is 10.5.